The maximum atomic E-state index is 13.3. The van der Waals surface area contributed by atoms with Crippen LogP contribution < -0.4 is 10.2 Å². The summed E-state index contributed by atoms with van der Waals surface area (Å²) >= 11 is 0. The van der Waals surface area contributed by atoms with Crippen LogP contribution in [-0.2, 0) is 18.3 Å². The number of carbonyl (C=O) groups is 1. The maximum Gasteiger partial charge on any atom is 0.224 e. The Morgan fingerprint density at radius 2 is 2.29 bits per heavy atom. The first kappa shape index (κ1) is 16.5. The molecule has 1 fully saturated rings. The first-order valence-electron chi connectivity index (χ1n) is 8.29. The van der Waals surface area contributed by atoms with Crippen molar-refractivity contribution in [2.24, 2.45) is 7.05 Å². The van der Waals surface area contributed by atoms with Gasteiger partial charge in [-0.05, 0) is 49.1 Å². The Labute approximate surface area is 141 Å². The van der Waals surface area contributed by atoms with Gasteiger partial charge in [0, 0.05) is 38.1 Å². The lowest BCUT2D eigenvalue weighted by atomic mass is 10.0. The average Bonchev–Trinajstić information content (AvgIpc) is 2.92. The number of nitrogens with zero attached hydrogens (tertiary/aromatic N) is 3. The van der Waals surface area contributed by atoms with Crippen molar-refractivity contribution in [2.75, 3.05) is 18.0 Å². The van der Waals surface area contributed by atoms with Gasteiger partial charge in [0.1, 0.15) is 5.82 Å². The van der Waals surface area contributed by atoms with Gasteiger partial charge in [-0.25, -0.2) is 4.39 Å². The van der Waals surface area contributed by atoms with E-state index in [-0.39, 0.29) is 17.8 Å². The topological polar surface area (TPSA) is 50.2 Å². The van der Waals surface area contributed by atoms with Gasteiger partial charge in [-0.2, -0.15) is 5.10 Å². The highest BCUT2D eigenvalue weighted by molar-refractivity contribution is 5.78. The number of benzene rings is 1. The molecule has 1 aromatic carbocycles. The number of nitrogens with one attached hydrogen (secondary N) is 1. The molecule has 0 spiro atoms. The van der Waals surface area contributed by atoms with Crippen molar-refractivity contribution in [1.82, 2.24) is 15.1 Å². The summed E-state index contributed by atoms with van der Waals surface area (Å²) in [7, 11) is 1.84. The first-order valence-corrected chi connectivity index (χ1v) is 8.29. The number of piperidine rings is 1. The molecule has 6 heteroatoms. The van der Waals surface area contributed by atoms with Gasteiger partial charge >= 0.3 is 0 Å². The second-order valence-electron chi connectivity index (χ2n) is 6.48. The van der Waals surface area contributed by atoms with Crippen LogP contribution in [0.3, 0.4) is 0 Å². The molecule has 1 unspecified atom stereocenters. The number of carbonyl (C=O) groups excluding carboxylic acids is 1. The minimum Gasteiger partial charge on any atom is -0.369 e. The lowest BCUT2D eigenvalue weighted by molar-refractivity contribution is -0.121. The number of amides is 1. The van der Waals surface area contributed by atoms with Gasteiger partial charge in [-0.1, -0.05) is 0 Å². The summed E-state index contributed by atoms with van der Waals surface area (Å²) < 4.78 is 15.0. The zero-order chi connectivity index (χ0) is 17.1. The minimum absolute atomic E-state index is 0.0191. The number of anilines is 1. The fraction of sp³-hybridized carbons (Fsp3) is 0.444. The van der Waals surface area contributed by atoms with Crippen LogP contribution in [0.25, 0.3) is 0 Å². The van der Waals surface area contributed by atoms with Crippen molar-refractivity contribution >= 4 is 11.6 Å². The third-order valence-electron chi connectivity index (χ3n) is 4.41. The lowest BCUT2D eigenvalue weighted by Gasteiger charge is -2.35. The first-order chi connectivity index (χ1) is 11.5. The monoisotopic (exact) mass is 330 g/mol. The molecule has 128 valence electrons. The number of aryl methyl sites for hydroxylation is 2. The molecule has 24 heavy (non-hydrogen) atoms. The lowest BCUT2D eigenvalue weighted by Crippen LogP contribution is -2.48. The Bertz CT molecular complexity index is 728. The Morgan fingerprint density at radius 1 is 1.46 bits per heavy atom. The summed E-state index contributed by atoms with van der Waals surface area (Å²) in [5.74, 6) is -0.194. The molecule has 1 atom stereocenters. The third kappa shape index (κ3) is 3.93. The van der Waals surface area contributed by atoms with Crippen LogP contribution in [0, 0.1) is 12.7 Å². The summed E-state index contributed by atoms with van der Waals surface area (Å²) in [5.41, 5.74) is 2.89. The van der Waals surface area contributed by atoms with Crippen molar-refractivity contribution < 1.29 is 9.18 Å². The molecule has 2 aromatic rings. The van der Waals surface area contributed by atoms with Gasteiger partial charge in [0.05, 0.1) is 12.6 Å². The van der Waals surface area contributed by atoms with E-state index in [9.17, 15) is 9.18 Å². The number of halogens is 1. The molecule has 0 radical (unpaired) electrons. The van der Waals surface area contributed by atoms with E-state index in [2.05, 4.69) is 15.3 Å². The van der Waals surface area contributed by atoms with Crippen LogP contribution in [0.2, 0.25) is 0 Å². The number of aromatic nitrogens is 2. The van der Waals surface area contributed by atoms with E-state index in [1.54, 1.807) is 16.9 Å². The predicted molar refractivity (Wildman–Crippen MR) is 91.4 cm³/mol. The largest absolute Gasteiger partial charge is 0.369 e. The Kier molecular flexibility index (Phi) is 4.83. The fourth-order valence-corrected chi connectivity index (χ4v) is 3.31. The molecule has 3 rings (SSSR count). The van der Waals surface area contributed by atoms with Crippen LogP contribution in [0.5, 0.6) is 0 Å². The van der Waals surface area contributed by atoms with E-state index in [0.29, 0.717) is 6.42 Å². The molecule has 2 heterocycles. The van der Waals surface area contributed by atoms with E-state index < -0.39 is 0 Å². The van der Waals surface area contributed by atoms with Crippen molar-refractivity contribution in [2.45, 2.75) is 32.2 Å². The molecule has 5 nitrogen and oxygen atoms in total. The molecule has 1 aliphatic rings. The van der Waals surface area contributed by atoms with Crippen LogP contribution in [0.4, 0.5) is 10.1 Å². The molecule has 1 aromatic heterocycles. The van der Waals surface area contributed by atoms with Gasteiger partial charge in [0.25, 0.3) is 0 Å². The zero-order valence-corrected chi connectivity index (χ0v) is 14.1. The van der Waals surface area contributed by atoms with E-state index in [1.165, 1.54) is 6.07 Å². The van der Waals surface area contributed by atoms with Crippen molar-refractivity contribution in [3.05, 3.63) is 47.5 Å². The summed E-state index contributed by atoms with van der Waals surface area (Å²) in [6, 6.07) is 4.99. The highest BCUT2D eigenvalue weighted by atomic mass is 19.1. The van der Waals surface area contributed by atoms with E-state index >= 15 is 0 Å². The molecule has 1 N–H and O–H groups in total. The molecule has 1 aliphatic heterocycles. The summed E-state index contributed by atoms with van der Waals surface area (Å²) in [6.45, 7) is 3.61. The Morgan fingerprint density at radius 3 is 3.00 bits per heavy atom. The summed E-state index contributed by atoms with van der Waals surface area (Å²) in [6.07, 6.45) is 5.90. The number of hydrogen-bond acceptors (Lipinski definition) is 3. The number of hydrogen-bond donors (Lipinski definition) is 1. The fourth-order valence-electron chi connectivity index (χ4n) is 3.31. The molecule has 1 saturated heterocycles. The minimum atomic E-state index is -0.213. The Balaban J connectivity index is 1.60. The quantitative estimate of drug-likeness (QED) is 0.935. The van der Waals surface area contributed by atoms with Crippen molar-refractivity contribution in [3.63, 3.8) is 0 Å². The van der Waals surface area contributed by atoms with Gasteiger partial charge in [-0.3, -0.25) is 9.48 Å². The van der Waals surface area contributed by atoms with Gasteiger partial charge in [0.2, 0.25) is 5.91 Å². The molecule has 1 amide bonds. The standard InChI is InChI=1S/C18H23FN4O/c1-13-8-15(19)5-6-17(13)23-7-3-4-16(12-23)21-18(24)9-14-10-20-22(2)11-14/h5-6,8,10-11,16H,3-4,7,9,12H2,1-2H3,(H,21,24). The molecule has 0 bridgehead atoms. The highest BCUT2D eigenvalue weighted by Gasteiger charge is 2.22. The maximum absolute atomic E-state index is 13.3. The van der Waals surface area contributed by atoms with Crippen LogP contribution in [0.15, 0.2) is 30.6 Å². The summed E-state index contributed by atoms with van der Waals surface area (Å²) in [4.78, 5) is 14.5. The predicted octanol–water partition coefficient (Wildman–Crippen LogP) is 2.20. The van der Waals surface area contributed by atoms with Gasteiger partial charge < -0.3 is 10.2 Å². The molecular weight excluding hydrogens is 307 g/mol. The van der Waals surface area contributed by atoms with Crippen LogP contribution >= 0.6 is 0 Å². The van der Waals surface area contributed by atoms with Crippen LogP contribution in [0.1, 0.15) is 24.0 Å². The normalized spacial score (nSPS) is 17.8. The van der Waals surface area contributed by atoms with Crippen molar-refractivity contribution in [3.8, 4) is 0 Å². The molecule has 0 aliphatic carbocycles. The van der Waals surface area contributed by atoms with Crippen LogP contribution in [-0.4, -0.2) is 34.8 Å². The SMILES string of the molecule is Cc1cc(F)ccc1N1CCCC(NC(=O)Cc2cnn(C)c2)C1. The average molecular weight is 330 g/mol. The third-order valence-corrected chi connectivity index (χ3v) is 4.41. The zero-order valence-electron chi connectivity index (χ0n) is 14.1. The van der Waals surface area contributed by atoms with Gasteiger partial charge in [0.15, 0.2) is 0 Å². The van der Waals surface area contributed by atoms with E-state index in [0.717, 1.165) is 42.7 Å². The smallest absolute Gasteiger partial charge is 0.224 e. The molecule has 0 saturated carbocycles. The van der Waals surface area contributed by atoms with Crippen molar-refractivity contribution in [1.29, 1.82) is 0 Å². The highest BCUT2D eigenvalue weighted by Crippen LogP contribution is 2.24. The summed E-state index contributed by atoms with van der Waals surface area (Å²) in [5, 5.41) is 7.20. The molecular formula is C18H23FN4O. The Hall–Kier alpha value is -2.37. The van der Waals surface area contributed by atoms with E-state index in [1.807, 2.05) is 26.2 Å². The number of rotatable bonds is 4. The second-order valence-corrected chi connectivity index (χ2v) is 6.48. The second kappa shape index (κ2) is 7.03. The van der Waals surface area contributed by atoms with E-state index in [4.69, 9.17) is 0 Å². The van der Waals surface area contributed by atoms with Gasteiger partial charge in [-0.15, -0.1) is 0 Å².